The van der Waals surface area contributed by atoms with Crippen LogP contribution in [0.5, 0.6) is 0 Å². The van der Waals surface area contributed by atoms with Gasteiger partial charge in [0.1, 0.15) is 12.9 Å². The topological polar surface area (TPSA) is 50.9 Å². The highest BCUT2D eigenvalue weighted by Crippen LogP contribution is 2.25. The summed E-state index contributed by atoms with van der Waals surface area (Å²) in [7, 11) is 1.87. The van der Waals surface area contributed by atoms with Crippen LogP contribution in [0.25, 0.3) is 0 Å². The summed E-state index contributed by atoms with van der Waals surface area (Å²) in [6.45, 7) is -0.105. The first-order valence-electron chi connectivity index (χ1n) is 4.94. The van der Waals surface area contributed by atoms with Crippen LogP contribution in [0, 0.1) is 11.8 Å². The van der Waals surface area contributed by atoms with Gasteiger partial charge in [0.25, 0.3) is 0 Å². The lowest BCUT2D eigenvalue weighted by molar-refractivity contribution is 0.350. The largest absolute Gasteiger partial charge is 0.384 e. The fourth-order valence-corrected chi connectivity index (χ4v) is 3.08. The zero-order valence-corrected chi connectivity index (χ0v) is 10.9. The van der Waals surface area contributed by atoms with Gasteiger partial charge in [0, 0.05) is 23.2 Å². The Morgan fingerprint density at radius 3 is 3.18 bits per heavy atom. The van der Waals surface area contributed by atoms with Crippen LogP contribution in [0.4, 0.5) is 0 Å². The van der Waals surface area contributed by atoms with Crippen molar-refractivity contribution in [3.63, 3.8) is 0 Å². The fourth-order valence-electron chi connectivity index (χ4n) is 1.24. The second-order valence-electron chi connectivity index (χ2n) is 3.17. The van der Waals surface area contributed by atoms with Gasteiger partial charge in [-0.3, -0.25) is 0 Å². The summed E-state index contributed by atoms with van der Waals surface area (Å²) in [4.78, 5) is 5.34. The highest BCUT2D eigenvalue weighted by atomic mass is 32.2. The molecule has 0 fully saturated rings. The van der Waals surface area contributed by atoms with E-state index in [0.29, 0.717) is 0 Å². The zero-order valence-electron chi connectivity index (χ0n) is 9.25. The number of aliphatic hydroxyl groups excluding tert-OH is 1. The van der Waals surface area contributed by atoms with Gasteiger partial charge in [-0.25, -0.2) is 9.67 Å². The van der Waals surface area contributed by atoms with E-state index in [2.05, 4.69) is 21.9 Å². The van der Waals surface area contributed by atoms with Crippen molar-refractivity contribution < 1.29 is 5.11 Å². The predicted molar refractivity (Wildman–Crippen MR) is 68.8 cm³/mol. The van der Waals surface area contributed by atoms with Crippen LogP contribution in [0.1, 0.15) is 10.4 Å². The van der Waals surface area contributed by atoms with Crippen LogP contribution in [-0.4, -0.2) is 26.5 Å². The average molecular weight is 265 g/mol. The smallest absolute Gasteiger partial charge is 0.186 e. The number of aromatic nitrogens is 3. The highest BCUT2D eigenvalue weighted by Gasteiger charge is 2.06. The van der Waals surface area contributed by atoms with Crippen LogP contribution < -0.4 is 0 Å². The maximum atomic E-state index is 8.68. The number of thiophene rings is 1. The molecule has 0 amide bonds. The van der Waals surface area contributed by atoms with E-state index < -0.39 is 0 Å². The molecule has 6 heteroatoms. The maximum absolute atomic E-state index is 8.68. The van der Waals surface area contributed by atoms with Crippen LogP contribution in [0.2, 0.25) is 0 Å². The first-order valence-corrected chi connectivity index (χ1v) is 6.80. The standard InChI is InChI=1S/C11H11N3OS2/c1-14-11(12-8-13-14)17-7-10-9(3-2-5-15)4-6-16-10/h4,6,8,15H,5,7H2,1H3. The lowest BCUT2D eigenvalue weighted by atomic mass is 10.3. The molecule has 1 N–H and O–H groups in total. The number of aliphatic hydroxyl groups is 1. The normalized spacial score (nSPS) is 10.0. The van der Waals surface area contributed by atoms with Crippen molar-refractivity contribution in [2.45, 2.75) is 10.9 Å². The fraction of sp³-hybridized carbons (Fsp3) is 0.273. The first-order chi connectivity index (χ1) is 8.31. The van der Waals surface area contributed by atoms with E-state index in [-0.39, 0.29) is 6.61 Å². The van der Waals surface area contributed by atoms with Gasteiger partial charge in [0.15, 0.2) is 5.16 Å². The van der Waals surface area contributed by atoms with Crippen LogP contribution >= 0.6 is 23.1 Å². The molecule has 2 heterocycles. The molecular weight excluding hydrogens is 254 g/mol. The Hall–Kier alpha value is -1.29. The van der Waals surface area contributed by atoms with Crippen molar-refractivity contribution in [1.82, 2.24) is 14.8 Å². The van der Waals surface area contributed by atoms with Crippen molar-refractivity contribution in [3.8, 4) is 11.8 Å². The van der Waals surface area contributed by atoms with Gasteiger partial charge in [0.2, 0.25) is 0 Å². The van der Waals surface area contributed by atoms with Crippen molar-refractivity contribution in [2.75, 3.05) is 6.61 Å². The van der Waals surface area contributed by atoms with Crippen molar-refractivity contribution in [2.24, 2.45) is 7.05 Å². The molecule has 2 aromatic rings. The lowest BCUT2D eigenvalue weighted by Crippen LogP contribution is -1.93. The summed E-state index contributed by atoms with van der Waals surface area (Å²) in [5.41, 5.74) is 0.985. The summed E-state index contributed by atoms with van der Waals surface area (Å²) < 4.78 is 1.75. The van der Waals surface area contributed by atoms with Crippen LogP contribution in [0.15, 0.2) is 22.9 Å². The van der Waals surface area contributed by atoms with Crippen molar-refractivity contribution in [3.05, 3.63) is 28.2 Å². The predicted octanol–water partition coefficient (Wildman–Crippen LogP) is 1.51. The van der Waals surface area contributed by atoms with Crippen molar-refractivity contribution >= 4 is 23.1 Å². The van der Waals surface area contributed by atoms with E-state index in [1.807, 2.05) is 18.5 Å². The van der Waals surface area contributed by atoms with Crippen molar-refractivity contribution in [1.29, 1.82) is 0 Å². The Labute approximate surface area is 108 Å². The van der Waals surface area contributed by atoms with Gasteiger partial charge in [-0.2, -0.15) is 5.10 Å². The third kappa shape index (κ3) is 3.09. The number of hydrogen-bond acceptors (Lipinski definition) is 5. The minimum Gasteiger partial charge on any atom is -0.384 e. The van der Waals surface area contributed by atoms with E-state index in [9.17, 15) is 0 Å². The molecule has 0 saturated carbocycles. The summed E-state index contributed by atoms with van der Waals surface area (Å²) in [6, 6.07) is 1.97. The molecular formula is C11H11N3OS2. The molecule has 0 aromatic carbocycles. The molecule has 0 saturated heterocycles. The zero-order chi connectivity index (χ0) is 12.1. The van der Waals surface area contributed by atoms with Gasteiger partial charge < -0.3 is 5.11 Å². The number of rotatable bonds is 3. The van der Waals surface area contributed by atoms with Gasteiger partial charge in [-0.15, -0.1) is 11.3 Å². The van der Waals surface area contributed by atoms with E-state index in [1.54, 1.807) is 34.1 Å². The minimum absolute atomic E-state index is 0.105. The second kappa shape index (κ2) is 5.87. The Balaban J connectivity index is 2.04. The quantitative estimate of drug-likeness (QED) is 0.675. The van der Waals surface area contributed by atoms with Gasteiger partial charge in [-0.1, -0.05) is 23.6 Å². The molecule has 0 aliphatic heterocycles. The summed E-state index contributed by atoms with van der Waals surface area (Å²) >= 11 is 3.29. The molecule has 0 aliphatic carbocycles. The lowest BCUT2D eigenvalue weighted by Gasteiger charge is -1.99. The van der Waals surface area contributed by atoms with E-state index >= 15 is 0 Å². The third-order valence-electron chi connectivity index (χ3n) is 2.05. The molecule has 0 bridgehead atoms. The molecule has 0 unspecified atom stereocenters. The molecule has 2 aromatic heterocycles. The molecule has 88 valence electrons. The SMILES string of the molecule is Cn1ncnc1SCc1sccc1C#CCO. The Kier molecular flexibility index (Phi) is 4.20. The van der Waals surface area contributed by atoms with E-state index in [1.165, 1.54) is 4.88 Å². The molecule has 0 atom stereocenters. The molecule has 4 nitrogen and oxygen atoms in total. The minimum atomic E-state index is -0.105. The molecule has 0 radical (unpaired) electrons. The Bertz CT molecular complexity index is 550. The number of nitrogens with zero attached hydrogens (tertiary/aromatic N) is 3. The van der Waals surface area contributed by atoms with Gasteiger partial charge in [-0.05, 0) is 11.4 Å². The summed E-state index contributed by atoms with van der Waals surface area (Å²) in [6.07, 6.45) is 1.54. The van der Waals surface area contributed by atoms with Gasteiger partial charge in [0.05, 0.1) is 0 Å². The average Bonchev–Trinajstić information content (AvgIpc) is 2.93. The monoisotopic (exact) mass is 265 g/mol. The third-order valence-corrected chi connectivity index (χ3v) is 4.21. The summed E-state index contributed by atoms with van der Waals surface area (Å²) in [5, 5.41) is 15.6. The molecule has 0 aliphatic rings. The number of thioether (sulfide) groups is 1. The molecule has 0 spiro atoms. The first kappa shape index (κ1) is 12.2. The van der Waals surface area contributed by atoms with E-state index in [4.69, 9.17) is 5.11 Å². The van der Waals surface area contributed by atoms with E-state index in [0.717, 1.165) is 16.5 Å². The molecule has 2 rings (SSSR count). The van der Waals surface area contributed by atoms with Crippen LogP contribution in [-0.2, 0) is 12.8 Å². The highest BCUT2D eigenvalue weighted by molar-refractivity contribution is 7.98. The second-order valence-corrected chi connectivity index (χ2v) is 5.12. The van der Waals surface area contributed by atoms with Crippen LogP contribution in [0.3, 0.4) is 0 Å². The maximum Gasteiger partial charge on any atom is 0.186 e. The molecule has 17 heavy (non-hydrogen) atoms. The summed E-state index contributed by atoms with van der Waals surface area (Å²) in [5.74, 6) is 6.43. The number of hydrogen-bond donors (Lipinski definition) is 1. The number of aryl methyl sites for hydroxylation is 1. The van der Waals surface area contributed by atoms with Gasteiger partial charge >= 0.3 is 0 Å². The Morgan fingerprint density at radius 2 is 2.47 bits per heavy atom. The Morgan fingerprint density at radius 1 is 1.59 bits per heavy atom.